The standard InChI is InChI=1S/C38H42N6O11S/c1-53-31-14-8-27(9-15-31)24-56-32-19-34(42(21-32)38(48)55-23-26-6-12-30(13-7-26)44(51)52)36(46)40-18-16-28(20-40)39-35(45)33-3-2-17-41(33)37(47)54-22-25-4-10-29(11-5-25)43(49)50/h4-15,28,32-34H,2-3,16-24H2,1H3,(H,39,45)/t28-,32?,33-,34-/m0/s1. The van der Waals surface area contributed by atoms with Gasteiger partial charge in [0.1, 0.15) is 31.0 Å². The van der Waals surface area contributed by atoms with Crippen molar-refractivity contribution in [3.8, 4) is 5.75 Å². The Morgan fingerprint density at radius 1 is 0.750 bits per heavy atom. The number of carbonyl (C=O) groups excluding carboxylic acids is 4. The van der Waals surface area contributed by atoms with Crippen LogP contribution in [0.1, 0.15) is 42.4 Å². The maximum atomic E-state index is 14.1. The van der Waals surface area contributed by atoms with Crippen molar-refractivity contribution in [3.05, 3.63) is 110 Å². The SMILES string of the molecule is COc1ccc(CSC2C[C@@H](C(=O)N3CC[C@H](NC(=O)[C@@H]4CCCN4C(=O)OCc4ccc([N+](=O)[O-])cc4)C3)N(C(=O)OCc3ccc([N+](=O)[O-])cc3)C2)cc1. The van der Waals surface area contributed by atoms with E-state index in [0.717, 1.165) is 11.3 Å². The van der Waals surface area contributed by atoms with Crippen LogP contribution in [-0.4, -0.2) is 105 Å². The highest BCUT2D eigenvalue weighted by Crippen LogP contribution is 2.33. The smallest absolute Gasteiger partial charge is 0.410 e. The van der Waals surface area contributed by atoms with Crippen molar-refractivity contribution in [3.63, 3.8) is 0 Å². The summed E-state index contributed by atoms with van der Waals surface area (Å²) in [6.07, 6.45) is 0.615. The maximum absolute atomic E-state index is 14.1. The van der Waals surface area contributed by atoms with E-state index in [4.69, 9.17) is 14.2 Å². The Bertz CT molecular complexity index is 1910. The Morgan fingerprint density at radius 2 is 1.32 bits per heavy atom. The summed E-state index contributed by atoms with van der Waals surface area (Å²) in [6.45, 7) is 0.975. The highest BCUT2D eigenvalue weighted by atomic mass is 32.2. The van der Waals surface area contributed by atoms with Crippen LogP contribution in [0.15, 0.2) is 72.8 Å². The van der Waals surface area contributed by atoms with Crippen molar-refractivity contribution in [1.82, 2.24) is 20.0 Å². The summed E-state index contributed by atoms with van der Waals surface area (Å²) in [7, 11) is 1.60. The van der Waals surface area contributed by atoms with Gasteiger partial charge in [-0.2, -0.15) is 11.8 Å². The third kappa shape index (κ3) is 9.84. The average molecular weight is 791 g/mol. The zero-order valence-electron chi connectivity index (χ0n) is 30.7. The van der Waals surface area contributed by atoms with Gasteiger partial charge < -0.3 is 24.4 Å². The zero-order chi connectivity index (χ0) is 39.8. The molecule has 18 heteroatoms. The monoisotopic (exact) mass is 790 g/mol. The largest absolute Gasteiger partial charge is 0.497 e. The van der Waals surface area contributed by atoms with Crippen LogP contribution in [0.2, 0.25) is 0 Å². The number of hydrogen-bond acceptors (Lipinski definition) is 12. The molecule has 1 unspecified atom stereocenters. The fraction of sp³-hybridized carbons (Fsp3) is 0.421. The second-order valence-corrected chi connectivity index (χ2v) is 15.1. The lowest BCUT2D eigenvalue weighted by Gasteiger charge is -2.28. The number of likely N-dealkylation sites (tertiary alicyclic amines) is 3. The number of nitro benzene ring substituents is 2. The van der Waals surface area contributed by atoms with E-state index in [2.05, 4.69) is 5.32 Å². The summed E-state index contributed by atoms with van der Waals surface area (Å²) in [5, 5.41) is 24.9. The van der Waals surface area contributed by atoms with Gasteiger partial charge in [-0.15, -0.1) is 0 Å². The molecule has 3 aromatic carbocycles. The van der Waals surface area contributed by atoms with Gasteiger partial charge in [0.2, 0.25) is 11.8 Å². The van der Waals surface area contributed by atoms with Crippen molar-refractivity contribution < 1.29 is 43.2 Å². The fourth-order valence-corrected chi connectivity index (χ4v) is 8.22. The molecule has 0 aliphatic carbocycles. The molecule has 0 radical (unpaired) electrons. The minimum atomic E-state index is -0.793. The highest BCUT2D eigenvalue weighted by molar-refractivity contribution is 7.99. The Hall–Kier alpha value is -5.91. The lowest BCUT2D eigenvalue weighted by Crippen LogP contribution is -2.51. The number of nitro groups is 2. The van der Waals surface area contributed by atoms with Crippen molar-refractivity contribution in [1.29, 1.82) is 0 Å². The van der Waals surface area contributed by atoms with Gasteiger partial charge in [-0.05, 0) is 78.8 Å². The Labute approximate surface area is 326 Å². The van der Waals surface area contributed by atoms with Crippen LogP contribution >= 0.6 is 11.8 Å². The van der Waals surface area contributed by atoms with E-state index in [1.807, 2.05) is 24.3 Å². The number of non-ortho nitro benzene ring substituents is 2. The number of ether oxygens (including phenoxy) is 3. The Morgan fingerprint density at radius 3 is 1.89 bits per heavy atom. The second kappa shape index (κ2) is 18.1. The van der Waals surface area contributed by atoms with Gasteiger partial charge in [-0.25, -0.2) is 9.59 Å². The molecule has 3 saturated heterocycles. The van der Waals surface area contributed by atoms with Crippen molar-refractivity contribution in [2.45, 2.75) is 68.0 Å². The lowest BCUT2D eigenvalue weighted by atomic mass is 10.1. The van der Waals surface area contributed by atoms with Gasteiger partial charge in [0.05, 0.1) is 17.0 Å². The van der Waals surface area contributed by atoms with Crippen LogP contribution < -0.4 is 10.1 Å². The molecule has 0 aromatic heterocycles. The average Bonchev–Trinajstić information content (AvgIpc) is 3.99. The first-order valence-electron chi connectivity index (χ1n) is 18.2. The molecule has 0 spiro atoms. The number of thioether (sulfide) groups is 1. The van der Waals surface area contributed by atoms with Crippen LogP contribution in [0.4, 0.5) is 21.0 Å². The van der Waals surface area contributed by atoms with Crippen LogP contribution in [0.5, 0.6) is 5.75 Å². The number of rotatable bonds is 13. The number of nitrogens with zero attached hydrogens (tertiary/aromatic N) is 5. The molecule has 3 fully saturated rings. The first-order valence-corrected chi connectivity index (χ1v) is 19.2. The van der Waals surface area contributed by atoms with Gasteiger partial charge >= 0.3 is 12.2 Å². The summed E-state index contributed by atoms with van der Waals surface area (Å²) in [5.74, 6) is 0.800. The quantitative estimate of drug-likeness (QED) is 0.179. The van der Waals surface area contributed by atoms with Gasteiger partial charge in [0, 0.05) is 67.5 Å². The number of amides is 4. The molecule has 6 rings (SSSR count). The molecule has 3 aromatic rings. The van der Waals surface area contributed by atoms with Gasteiger partial charge in [-0.1, -0.05) is 12.1 Å². The molecule has 3 aliphatic rings. The summed E-state index contributed by atoms with van der Waals surface area (Å²) < 4.78 is 16.3. The van der Waals surface area contributed by atoms with Crippen LogP contribution in [0.3, 0.4) is 0 Å². The van der Waals surface area contributed by atoms with E-state index in [1.165, 1.54) is 58.3 Å². The predicted molar refractivity (Wildman–Crippen MR) is 203 cm³/mol. The first-order chi connectivity index (χ1) is 27.0. The third-order valence-electron chi connectivity index (χ3n) is 10.1. The van der Waals surface area contributed by atoms with E-state index < -0.39 is 34.1 Å². The molecular weight excluding hydrogens is 749 g/mol. The first kappa shape index (κ1) is 39.8. The van der Waals surface area contributed by atoms with E-state index >= 15 is 0 Å². The highest BCUT2D eigenvalue weighted by Gasteiger charge is 2.44. The zero-order valence-corrected chi connectivity index (χ0v) is 31.5. The topological polar surface area (TPSA) is 204 Å². The Balaban J connectivity index is 1.04. The maximum Gasteiger partial charge on any atom is 0.410 e. The van der Waals surface area contributed by atoms with Crippen LogP contribution in [0.25, 0.3) is 0 Å². The van der Waals surface area contributed by atoms with Crippen molar-refractivity contribution in [2.24, 2.45) is 0 Å². The molecule has 4 atom stereocenters. The molecule has 0 bridgehead atoms. The Kier molecular flexibility index (Phi) is 12.9. The summed E-state index contributed by atoms with van der Waals surface area (Å²) >= 11 is 1.63. The lowest BCUT2D eigenvalue weighted by molar-refractivity contribution is -0.385. The number of carbonyl (C=O) groups is 4. The molecule has 0 saturated carbocycles. The minimum absolute atomic E-state index is 0.0652. The van der Waals surface area contributed by atoms with Crippen LogP contribution in [0, 0.1) is 20.2 Å². The predicted octanol–water partition coefficient (Wildman–Crippen LogP) is 5.04. The number of hydrogen-bond donors (Lipinski definition) is 1. The second-order valence-electron chi connectivity index (χ2n) is 13.8. The number of methoxy groups -OCH3 is 1. The van der Waals surface area contributed by atoms with Crippen molar-refractivity contribution >= 4 is 47.1 Å². The molecule has 1 N–H and O–H groups in total. The molecule has 296 valence electrons. The molecule has 17 nitrogen and oxygen atoms in total. The number of benzene rings is 3. The fourth-order valence-electron chi connectivity index (χ4n) is 7.02. The van der Waals surface area contributed by atoms with E-state index in [0.29, 0.717) is 55.7 Å². The summed E-state index contributed by atoms with van der Waals surface area (Å²) in [6, 6.07) is 17.1. The van der Waals surface area contributed by atoms with E-state index in [9.17, 15) is 39.4 Å². The molecule has 3 aliphatic heterocycles. The van der Waals surface area contributed by atoms with E-state index in [1.54, 1.807) is 23.8 Å². The molecular formula is C38H42N6O11S. The number of nitrogens with one attached hydrogen (secondary N) is 1. The normalized spacial score (nSPS) is 20.4. The summed E-state index contributed by atoms with van der Waals surface area (Å²) in [5.41, 5.74) is 2.04. The van der Waals surface area contributed by atoms with Crippen molar-refractivity contribution in [2.75, 3.05) is 33.3 Å². The van der Waals surface area contributed by atoms with Crippen LogP contribution in [-0.2, 0) is 38.0 Å². The van der Waals surface area contributed by atoms with E-state index in [-0.39, 0.29) is 60.8 Å². The third-order valence-corrected chi connectivity index (χ3v) is 11.4. The van der Waals surface area contributed by atoms with Gasteiger partial charge in [0.25, 0.3) is 11.4 Å². The molecule has 4 amide bonds. The van der Waals surface area contributed by atoms with Gasteiger partial charge in [-0.3, -0.25) is 39.6 Å². The molecule has 56 heavy (non-hydrogen) atoms. The minimum Gasteiger partial charge on any atom is -0.497 e. The summed E-state index contributed by atoms with van der Waals surface area (Å²) in [4.78, 5) is 79.4. The molecule has 3 heterocycles. The van der Waals surface area contributed by atoms with Gasteiger partial charge in [0.15, 0.2) is 0 Å².